The van der Waals surface area contributed by atoms with Crippen molar-refractivity contribution in [2.24, 2.45) is 5.92 Å². The van der Waals surface area contributed by atoms with Crippen molar-refractivity contribution in [1.29, 1.82) is 0 Å². The lowest BCUT2D eigenvalue weighted by molar-refractivity contribution is -0.154. The zero-order chi connectivity index (χ0) is 17.9. The highest BCUT2D eigenvalue weighted by Crippen LogP contribution is 2.47. The van der Waals surface area contributed by atoms with Gasteiger partial charge >= 0.3 is 5.97 Å². The van der Waals surface area contributed by atoms with Crippen molar-refractivity contribution in [1.82, 2.24) is 9.80 Å². The summed E-state index contributed by atoms with van der Waals surface area (Å²) < 4.78 is 5.46. The Morgan fingerprint density at radius 2 is 2.16 bits per heavy atom. The number of hydrogen-bond donors (Lipinski definition) is 2. The number of carboxylic acids is 1. The van der Waals surface area contributed by atoms with E-state index in [2.05, 4.69) is 0 Å². The van der Waals surface area contributed by atoms with E-state index in [-0.39, 0.29) is 24.6 Å². The molecule has 7 nitrogen and oxygen atoms in total. The molecule has 5 unspecified atom stereocenters. The molecule has 3 aliphatic heterocycles. The molecule has 1 amide bonds. The van der Waals surface area contributed by atoms with Crippen LogP contribution < -0.4 is 4.74 Å². The van der Waals surface area contributed by atoms with Crippen LogP contribution in [0.25, 0.3) is 0 Å². The number of aliphatic carboxylic acids is 1. The maximum Gasteiger partial charge on any atom is 0.308 e. The van der Waals surface area contributed by atoms with Crippen LogP contribution in [0.15, 0.2) is 18.2 Å². The molecule has 0 saturated carbocycles. The van der Waals surface area contributed by atoms with Crippen LogP contribution >= 0.6 is 0 Å². The van der Waals surface area contributed by atoms with Crippen LogP contribution in [0.3, 0.4) is 0 Å². The third-order valence-electron chi connectivity index (χ3n) is 6.11. The smallest absolute Gasteiger partial charge is 0.308 e. The van der Waals surface area contributed by atoms with Crippen molar-refractivity contribution in [3.05, 3.63) is 29.3 Å². The quantitative estimate of drug-likeness (QED) is 0.816. The normalized spacial score (nSPS) is 33.8. The third kappa shape index (κ3) is 2.12. The molecule has 0 radical (unpaired) electrons. The SMILES string of the molecule is COc1cccc2c1C(CO)N1C(=O)C3CC(C(=O)O)C(C1C2)N3C. The summed E-state index contributed by atoms with van der Waals surface area (Å²) in [7, 11) is 3.41. The number of piperazine rings is 1. The number of rotatable bonds is 3. The zero-order valence-electron chi connectivity index (χ0n) is 14.3. The van der Waals surface area contributed by atoms with Crippen LogP contribution in [-0.2, 0) is 16.0 Å². The summed E-state index contributed by atoms with van der Waals surface area (Å²) in [6.07, 6.45) is 0.897. The Morgan fingerprint density at radius 1 is 1.40 bits per heavy atom. The molecule has 3 heterocycles. The van der Waals surface area contributed by atoms with Gasteiger partial charge in [-0.25, -0.2) is 0 Å². The van der Waals surface area contributed by atoms with Crippen molar-refractivity contribution in [3.63, 3.8) is 0 Å². The molecule has 2 fully saturated rings. The molecule has 7 heteroatoms. The summed E-state index contributed by atoms with van der Waals surface area (Å²) in [4.78, 5) is 28.5. The van der Waals surface area contributed by atoms with Crippen molar-refractivity contribution in [2.45, 2.75) is 37.0 Å². The Morgan fingerprint density at radius 3 is 2.80 bits per heavy atom. The van der Waals surface area contributed by atoms with E-state index in [1.165, 1.54) is 0 Å². The summed E-state index contributed by atoms with van der Waals surface area (Å²) in [5, 5.41) is 19.7. The maximum atomic E-state index is 13.1. The van der Waals surface area contributed by atoms with Crippen LogP contribution in [0, 0.1) is 5.92 Å². The molecular weight excluding hydrogens is 324 g/mol. The van der Waals surface area contributed by atoms with Gasteiger partial charge in [-0.2, -0.15) is 0 Å². The number of carbonyl (C=O) groups is 2. The minimum Gasteiger partial charge on any atom is -0.496 e. The number of methoxy groups -OCH3 is 1. The predicted octanol–water partition coefficient (Wildman–Crippen LogP) is 0.269. The van der Waals surface area contributed by atoms with Gasteiger partial charge in [0.25, 0.3) is 0 Å². The zero-order valence-corrected chi connectivity index (χ0v) is 14.3. The van der Waals surface area contributed by atoms with Crippen LogP contribution in [0.5, 0.6) is 5.75 Å². The first-order chi connectivity index (χ1) is 12.0. The number of benzene rings is 1. The van der Waals surface area contributed by atoms with Gasteiger partial charge in [0.2, 0.25) is 5.91 Å². The fourth-order valence-corrected chi connectivity index (χ4v) is 5.07. The first-order valence-electron chi connectivity index (χ1n) is 8.53. The first kappa shape index (κ1) is 16.4. The topological polar surface area (TPSA) is 90.3 Å². The average Bonchev–Trinajstić information content (AvgIpc) is 2.89. The number of likely N-dealkylation sites (N-methyl/N-ethyl adjacent to an activating group) is 1. The molecule has 134 valence electrons. The number of fused-ring (bicyclic) bond motifs is 5. The monoisotopic (exact) mass is 346 g/mol. The van der Waals surface area contributed by atoms with E-state index in [0.717, 1.165) is 11.1 Å². The fourth-order valence-electron chi connectivity index (χ4n) is 5.07. The molecule has 25 heavy (non-hydrogen) atoms. The lowest BCUT2D eigenvalue weighted by Crippen LogP contribution is -2.65. The number of nitrogens with zero attached hydrogens (tertiary/aromatic N) is 2. The first-order valence-corrected chi connectivity index (χ1v) is 8.53. The number of carboxylic acid groups (broad SMARTS) is 1. The summed E-state index contributed by atoms with van der Waals surface area (Å²) in [6.45, 7) is -0.212. The molecule has 4 rings (SSSR count). The second-order valence-corrected chi connectivity index (χ2v) is 7.10. The van der Waals surface area contributed by atoms with Crippen molar-refractivity contribution in [2.75, 3.05) is 20.8 Å². The largest absolute Gasteiger partial charge is 0.496 e. The van der Waals surface area contributed by atoms with Gasteiger partial charge in [0.15, 0.2) is 0 Å². The highest BCUT2D eigenvalue weighted by Gasteiger charge is 2.59. The van der Waals surface area contributed by atoms with Crippen LogP contribution in [0.1, 0.15) is 23.6 Å². The van der Waals surface area contributed by atoms with Gasteiger partial charge in [-0.05, 0) is 31.5 Å². The summed E-state index contributed by atoms with van der Waals surface area (Å²) in [5.41, 5.74) is 1.85. The standard InChI is InChI=1S/C18H22N2O5/c1-19-12-7-10(18(23)24)16(19)11-6-9-4-3-5-14(25-2)15(9)13(8-21)20(11)17(12)22/h3-5,10-13,16,21H,6-8H2,1-2H3,(H,23,24). The molecule has 2 saturated heterocycles. The van der Waals surface area contributed by atoms with Crippen LogP contribution in [-0.4, -0.2) is 70.8 Å². The van der Waals surface area contributed by atoms with Gasteiger partial charge in [0, 0.05) is 11.6 Å². The third-order valence-corrected chi connectivity index (χ3v) is 6.11. The van der Waals surface area contributed by atoms with Gasteiger partial charge in [0.05, 0.1) is 37.8 Å². The van der Waals surface area contributed by atoms with Gasteiger partial charge in [-0.15, -0.1) is 0 Å². The maximum absolute atomic E-state index is 13.1. The van der Waals surface area contributed by atoms with Crippen molar-refractivity contribution in [3.8, 4) is 5.75 Å². The highest BCUT2D eigenvalue weighted by atomic mass is 16.5. The minimum atomic E-state index is -0.856. The fraction of sp³-hybridized carbons (Fsp3) is 0.556. The molecular formula is C18H22N2O5. The lowest BCUT2D eigenvalue weighted by Gasteiger charge is -2.51. The number of aliphatic hydroxyl groups excluding tert-OH is 1. The van der Waals surface area contributed by atoms with E-state index in [1.807, 2.05) is 30.1 Å². The second-order valence-electron chi connectivity index (χ2n) is 7.10. The predicted molar refractivity (Wildman–Crippen MR) is 88.2 cm³/mol. The second kappa shape index (κ2) is 5.71. The molecule has 0 aromatic heterocycles. The Labute approximate surface area is 145 Å². The summed E-state index contributed by atoms with van der Waals surface area (Å²) in [5.74, 6) is -0.863. The van der Waals surface area contributed by atoms with E-state index in [0.29, 0.717) is 18.6 Å². The molecule has 5 atom stereocenters. The number of hydrogen-bond acceptors (Lipinski definition) is 5. The van der Waals surface area contributed by atoms with Crippen molar-refractivity contribution >= 4 is 11.9 Å². The Kier molecular flexibility index (Phi) is 3.73. The summed E-state index contributed by atoms with van der Waals surface area (Å²) >= 11 is 0. The van der Waals surface area contributed by atoms with Crippen molar-refractivity contribution < 1.29 is 24.5 Å². The molecule has 3 aliphatic rings. The Balaban J connectivity index is 1.85. The molecule has 2 N–H and O–H groups in total. The van der Waals surface area contributed by atoms with E-state index >= 15 is 0 Å². The van der Waals surface area contributed by atoms with E-state index in [1.54, 1.807) is 12.0 Å². The minimum absolute atomic E-state index is 0.0943. The highest BCUT2D eigenvalue weighted by molar-refractivity contribution is 5.87. The van der Waals surface area contributed by atoms with Gasteiger partial charge in [-0.3, -0.25) is 14.5 Å². The Hall–Kier alpha value is -2.12. The molecule has 0 aliphatic carbocycles. The van der Waals surface area contributed by atoms with Crippen LogP contribution in [0.4, 0.5) is 0 Å². The van der Waals surface area contributed by atoms with Gasteiger partial charge < -0.3 is 19.8 Å². The molecule has 0 spiro atoms. The van der Waals surface area contributed by atoms with Gasteiger partial charge in [0.1, 0.15) is 5.75 Å². The molecule has 2 bridgehead atoms. The Bertz CT molecular complexity index is 736. The molecule has 1 aromatic carbocycles. The van der Waals surface area contributed by atoms with E-state index < -0.39 is 24.0 Å². The van der Waals surface area contributed by atoms with E-state index in [4.69, 9.17) is 4.74 Å². The number of amides is 1. The molecule has 1 aromatic rings. The number of aliphatic hydroxyl groups is 1. The number of ether oxygens (including phenoxy) is 1. The number of carbonyl (C=O) groups excluding carboxylic acids is 1. The van der Waals surface area contributed by atoms with Gasteiger partial charge in [-0.1, -0.05) is 12.1 Å². The summed E-state index contributed by atoms with van der Waals surface area (Å²) in [6, 6.07) is 4.26. The lowest BCUT2D eigenvalue weighted by atomic mass is 9.81. The van der Waals surface area contributed by atoms with Crippen LogP contribution in [0.2, 0.25) is 0 Å². The van der Waals surface area contributed by atoms with E-state index in [9.17, 15) is 19.8 Å². The average molecular weight is 346 g/mol.